The molecule has 0 heterocycles. The van der Waals surface area contributed by atoms with Gasteiger partial charge in [-0.2, -0.15) is 0 Å². The summed E-state index contributed by atoms with van der Waals surface area (Å²) in [7, 11) is 0. The number of carbonyl (C=O) groups excluding carboxylic acids is 1. The molecule has 0 aliphatic rings. The lowest BCUT2D eigenvalue weighted by Crippen LogP contribution is -2.18. The summed E-state index contributed by atoms with van der Waals surface area (Å²) < 4.78 is 13.7. The average molecular weight is 289 g/mol. The van der Waals surface area contributed by atoms with Crippen molar-refractivity contribution in [1.82, 2.24) is 5.32 Å². The molecule has 0 atom stereocenters. The van der Waals surface area contributed by atoms with Crippen molar-refractivity contribution in [1.29, 1.82) is 0 Å². The average Bonchev–Trinajstić information content (AvgIpc) is 2.15. The standard InChI is InChI=1S/C11H14BrFN2O/c12-9-4-8(5-10(13)6-9)7-15-3-1-2-11(14)16/h4-6,15H,1-3,7H2,(H2,14,16). The van der Waals surface area contributed by atoms with Gasteiger partial charge in [0.2, 0.25) is 5.91 Å². The lowest BCUT2D eigenvalue weighted by atomic mass is 10.2. The molecule has 0 aromatic heterocycles. The predicted molar refractivity (Wildman–Crippen MR) is 64.2 cm³/mol. The molecule has 5 heteroatoms. The Morgan fingerprint density at radius 2 is 2.19 bits per heavy atom. The zero-order chi connectivity index (χ0) is 12.0. The number of nitrogens with one attached hydrogen (secondary N) is 1. The monoisotopic (exact) mass is 288 g/mol. The van der Waals surface area contributed by atoms with Crippen molar-refractivity contribution < 1.29 is 9.18 Å². The molecule has 1 aromatic carbocycles. The molecule has 1 rings (SSSR count). The first-order chi connectivity index (χ1) is 7.58. The van der Waals surface area contributed by atoms with Crippen molar-refractivity contribution >= 4 is 21.8 Å². The van der Waals surface area contributed by atoms with Crippen LogP contribution in [0.5, 0.6) is 0 Å². The molecule has 0 bridgehead atoms. The first-order valence-corrected chi connectivity index (χ1v) is 5.81. The number of rotatable bonds is 6. The Bertz CT molecular complexity index is 351. The minimum absolute atomic E-state index is 0.261. The summed E-state index contributed by atoms with van der Waals surface area (Å²) in [6, 6.07) is 4.74. The predicted octanol–water partition coefficient (Wildman–Crippen LogP) is 1.94. The van der Waals surface area contributed by atoms with E-state index in [0.717, 1.165) is 10.0 Å². The maximum Gasteiger partial charge on any atom is 0.217 e. The number of amides is 1. The van der Waals surface area contributed by atoms with E-state index in [9.17, 15) is 9.18 Å². The zero-order valence-electron chi connectivity index (χ0n) is 8.80. The summed E-state index contributed by atoms with van der Waals surface area (Å²) in [4.78, 5) is 10.5. The van der Waals surface area contributed by atoms with Crippen molar-refractivity contribution in [3.63, 3.8) is 0 Å². The second-order valence-corrected chi connectivity index (χ2v) is 4.44. The Kier molecular flexibility index (Phi) is 5.42. The van der Waals surface area contributed by atoms with Gasteiger partial charge in [0, 0.05) is 17.4 Å². The molecular formula is C11H14BrFN2O. The molecule has 0 spiro atoms. The molecule has 88 valence electrons. The van der Waals surface area contributed by atoms with E-state index in [-0.39, 0.29) is 11.7 Å². The van der Waals surface area contributed by atoms with E-state index < -0.39 is 0 Å². The SMILES string of the molecule is NC(=O)CCCNCc1cc(F)cc(Br)c1. The number of nitrogens with two attached hydrogens (primary N) is 1. The molecule has 0 radical (unpaired) electrons. The van der Waals surface area contributed by atoms with Crippen LogP contribution in [0, 0.1) is 5.82 Å². The first-order valence-electron chi connectivity index (χ1n) is 5.02. The third-order valence-electron chi connectivity index (χ3n) is 2.03. The molecule has 0 unspecified atom stereocenters. The Hall–Kier alpha value is -0.940. The van der Waals surface area contributed by atoms with Crippen LogP contribution in [0.3, 0.4) is 0 Å². The quantitative estimate of drug-likeness (QED) is 0.786. The smallest absolute Gasteiger partial charge is 0.217 e. The molecule has 0 aliphatic carbocycles. The number of hydrogen-bond acceptors (Lipinski definition) is 2. The summed E-state index contributed by atoms with van der Waals surface area (Å²) in [6.45, 7) is 1.27. The molecule has 0 aliphatic heterocycles. The molecule has 0 saturated heterocycles. The van der Waals surface area contributed by atoms with Gasteiger partial charge < -0.3 is 11.1 Å². The van der Waals surface area contributed by atoms with Crippen LogP contribution in [-0.2, 0) is 11.3 Å². The van der Waals surface area contributed by atoms with Crippen LogP contribution < -0.4 is 11.1 Å². The summed E-state index contributed by atoms with van der Waals surface area (Å²) >= 11 is 3.23. The Balaban J connectivity index is 2.29. The van der Waals surface area contributed by atoms with Gasteiger partial charge in [-0.1, -0.05) is 15.9 Å². The van der Waals surface area contributed by atoms with Crippen LogP contribution in [0.15, 0.2) is 22.7 Å². The highest BCUT2D eigenvalue weighted by Crippen LogP contribution is 2.14. The van der Waals surface area contributed by atoms with E-state index in [0.29, 0.717) is 25.9 Å². The third kappa shape index (κ3) is 5.23. The van der Waals surface area contributed by atoms with Gasteiger partial charge >= 0.3 is 0 Å². The van der Waals surface area contributed by atoms with Gasteiger partial charge in [-0.15, -0.1) is 0 Å². The van der Waals surface area contributed by atoms with Crippen molar-refractivity contribution in [2.24, 2.45) is 5.73 Å². The third-order valence-corrected chi connectivity index (χ3v) is 2.49. The normalized spacial score (nSPS) is 10.4. The van der Waals surface area contributed by atoms with Gasteiger partial charge in [0.25, 0.3) is 0 Å². The van der Waals surface area contributed by atoms with Crippen LogP contribution in [0.25, 0.3) is 0 Å². The van der Waals surface area contributed by atoms with E-state index >= 15 is 0 Å². The topological polar surface area (TPSA) is 55.1 Å². The maximum absolute atomic E-state index is 13.0. The minimum atomic E-state index is -0.296. The molecule has 16 heavy (non-hydrogen) atoms. The second-order valence-electron chi connectivity index (χ2n) is 3.52. The molecule has 0 saturated carbocycles. The number of carbonyl (C=O) groups is 1. The molecule has 0 fully saturated rings. The Morgan fingerprint density at radius 3 is 2.81 bits per heavy atom. The van der Waals surface area contributed by atoms with E-state index in [1.165, 1.54) is 12.1 Å². The Labute approximate surface area is 102 Å². The first kappa shape index (κ1) is 13.1. The van der Waals surface area contributed by atoms with Crippen LogP contribution in [0.2, 0.25) is 0 Å². The van der Waals surface area contributed by atoms with Crippen molar-refractivity contribution in [3.05, 3.63) is 34.1 Å². The largest absolute Gasteiger partial charge is 0.370 e. The van der Waals surface area contributed by atoms with E-state index in [1.54, 1.807) is 0 Å². The van der Waals surface area contributed by atoms with Gasteiger partial charge in [0.1, 0.15) is 5.82 Å². The lowest BCUT2D eigenvalue weighted by Gasteiger charge is -2.05. The second kappa shape index (κ2) is 6.60. The fourth-order valence-electron chi connectivity index (χ4n) is 1.33. The molecule has 1 amide bonds. The van der Waals surface area contributed by atoms with Gasteiger partial charge in [-0.25, -0.2) is 4.39 Å². The maximum atomic E-state index is 13.0. The lowest BCUT2D eigenvalue weighted by molar-refractivity contribution is -0.118. The molecular weight excluding hydrogens is 275 g/mol. The zero-order valence-corrected chi connectivity index (χ0v) is 10.4. The van der Waals surface area contributed by atoms with Crippen molar-refractivity contribution in [2.75, 3.05) is 6.54 Å². The fraction of sp³-hybridized carbons (Fsp3) is 0.364. The van der Waals surface area contributed by atoms with Crippen LogP contribution in [-0.4, -0.2) is 12.5 Å². The molecule has 1 aromatic rings. The number of hydrogen-bond donors (Lipinski definition) is 2. The van der Waals surface area contributed by atoms with Gasteiger partial charge in [-0.3, -0.25) is 4.79 Å². The van der Waals surface area contributed by atoms with Gasteiger partial charge in [0.15, 0.2) is 0 Å². The van der Waals surface area contributed by atoms with Crippen molar-refractivity contribution in [3.8, 4) is 0 Å². The molecule has 3 nitrogen and oxygen atoms in total. The van der Waals surface area contributed by atoms with E-state index in [2.05, 4.69) is 21.2 Å². The highest BCUT2D eigenvalue weighted by atomic mass is 79.9. The van der Waals surface area contributed by atoms with Crippen LogP contribution in [0.4, 0.5) is 4.39 Å². The van der Waals surface area contributed by atoms with Crippen molar-refractivity contribution in [2.45, 2.75) is 19.4 Å². The van der Waals surface area contributed by atoms with Gasteiger partial charge in [0.05, 0.1) is 0 Å². The summed E-state index contributed by atoms with van der Waals surface area (Å²) in [5.74, 6) is -0.557. The number of benzene rings is 1. The van der Waals surface area contributed by atoms with E-state index in [1.807, 2.05) is 6.07 Å². The number of halogens is 2. The summed E-state index contributed by atoms with van der Waals surface area (Å²) in [6.07, 6.45) is 1.08. The summed E-state index contributed by atoms with van der Waals surface area (Å²) in [5, 5.41) is 3.12. The molecule has 3 N–H and O–H groups in total. The number of primary amides is 1. The fourth-order valence-corrected chi connectivity index (χ4v) is 1.85. The minimum Gasteiger partial charge on any atom is -0.370 e. The Morgan fingerprint density at radius 1 is 1.44 bits per heavy atom. The van der Waals surface area contributed by atoms with Gasteiger partial charge in [-0.05, 0) is 36.7 Å². The summed E-state index contributed by atoms with van der Waals surface area (Å²) in [5.41, 5.74) is 5.87. The highest BCUT2D eigenvalue weighted by Gasteiger charge is 1.99. The van der Waals surface area contributed by atoms with E-state index in [4.69, 9.17) is 5.73 Å². The highest BCUT2D eigenvalue weighted by molar-refractivity contribution is 9.10. The van der Waals surface area contributed by atoms with Crippen LogP contribution in [0.1, 0.15) is 18.4 Å². The van der Waals surface area contributed by atoms with Crippen LogP contribution >= 0.6 is 15.9 Å².